The molecule has 0 atom stereocenters. The molecule has 0 aromatic rings. The van der Waals surface area contributed by atoms with Gasteiger partial charge in [-0.25, -0.2) is 0 Å². The minimum absolute atomic E-state index is 0.160. The topological polar surface area (TPSA) is 26.3 Å². The highest BCUT2D eigenvalue weighted by molar-refractivity contribution is 5.78. The van der Waals surface area contributed by atoms with E-state index in [0.29, 0.717) is 24.5 Å². The van der Waals surface area contributed by atoms with Gasteiger partial charge in [0, 0.05) is 20.0 Å². The first-order chi connectivity index (χ1) is 5.87. The molecule has 2 heteroatoms. The Labute approximate surface area is 81.7 Å². The minimum atomic E-state index is -0.160. The predicted octanol–water partition coefficient (Wildman–Crippen LogP) is 2.81. The lowest BCUT2D eigenvalue weighted by atomic mass is 9.97. The Hall–Kier alpha value is -0.370. The molecule has 0 aliphatic carbocycles. The van der Waals surface area contributed by atoms with E-state index >= 15 is 0 Å². The van der Waals surface area contributed by atoms with Gasteiger partial charge in [0.2, 0.25) is 0 Å². The normalized spacial score (nSPS) is 12.2. The lowest BCUT2D eigenvalue weighted by molar-refractivity contribution is -0.121. The predicted molar refractivity (Wildman–Crippen MR) is 54.8 cm³/mol. The van der Waals surface area contributed by atoms with E-state index in [4.69, 9.17) is 4.74 Å². The molecule has 0 heterocycles. The van der Waals surface area contributed by atoms with Crippen LogP contribution in [0.25, 0.3) is 0 Å². The SMILES string of the molecule is COC(C)(C)CCC(=O)CC(C)C. The monoisotopic (exact) mass is 186 g/mol. The molecule has 0 rings (SSSR count). The Bertz CT molecular complexity index is 159. The fraction of sp³-hybridized carbons (Fsp3) is 0.909. The summed E-state index contributed by atoms with van der Waals surface area (Å²) in [6.07, 6.45) is 2.15. The second kappa shape index (κ2) is 5.38. The Morgan fingerprint density at radius 3 is 2.31 bits per heavy atom. The first kappa shape index (κ1) is 12.6. The molecule has 0 saturated heterocycles. The summed E-state index contributed by atoms with van der Waals surface area (Å²) in [5, 5.41) is 0. The highest BCUT2D eigenvalue weighted by Gasteiger charge is 2.17. The van der Waals surface area contributed by atoms with E-state index in [-0.39, 0.29) is 5.60 Å². The van der Waals surface area contributed by atoms with Crippen molar-refractivity contribution in [1.29, 1.82) is 0 Å². The van der Waals surface area contributed by atoms with Gasteiger partial charge in [-0.05, 0) is 26.2 Å². The van der Waals surface area contributed by atoms with Gasteiger partial charge in [-0.1, -0.05) is 13.8 Å². The van der Waals surface area contributed by atoms with Crippen LogP contribution in [0, 0.1) is 5.92 Å². The molecule has 0 saturated carbocycles. The third-order valence-electron chi connectivity index (χ3n) is 2.19. The van der Waals surface area contributed by atoms with Crippen molar-refractivity contribution in [3.05, 3.63) is 0 Å². The third kappa shape index (κ3) is 6.76. The zero-order valence-corrected chi connectivity index (χ0v) is 9.52. The maximum atomic E-state index is 11.4. The largest absolute Gasteiger partial charge is 0.379 e. The quantitative estimate of drug-likeness (QED) is 0.637. The molecule has 0 aromatic carbocycles. The van der Waals surface area contributed by atoms with Crippen molar-refractivity contribution in [1.82, 2.24) is 0 Å². The second-order valence-electron chi connectivity index (χ2n) is 4.60. The molecule has 0 N–H and O–H groups in total. The maximum Gasteiger partial charge on any atom is 0.133 e. The van der Waals surface area contributed by atoms with Gasteiger partial charge in [-0.3, -0.25) is 4.79 Å². The number of carbonyl (C=O) groups excluding carboxylic acids is 1. The van der Waals surface area contributed by atoms with Gasteiger partial charge < -0.3 is 4.74 Å². The summed E-state index contributed by atoms with van der Waals surface area (Å²) in [5.74, 6) is 0.818. The fourth-order valence-electron chi connectivity index (χ4n) is 1.10. The summed E-state index contributed by atoms with van der Waals surface area (Å²) < 4.78 is 5.24. The Morgan fingerprint density at radius 2 is 1.92 bits per heavy atom. The van der Waals surface area contributed by atoms with E-state index in [9.17, 15) is 4.79 Å². The van der Waals surface area contributed by atoms with E-state index < -0.39 is 0 Å². The molecule has 0 spiro atoms. The summed E-state index contributed by atoms with van der Waals surface area (Å²) in [5.41, 5.74) is -0.160. The van der Waals surface area contributed by atoms with Gasteiger partial charge in [0.05, 0.1) is 5.60 Å². The number of Topliss-reactive ketones (excluding diaryl/α,β-unsaturated/α-hetero) is 1. The van der Waals surface area contributed by atoms with Gasteiger partial charge >= 0.3 is 0 Å². The molecule has 0 aliphatic heterocycles. The summed E-state index contributed by atoms with van der Waals surface area (Å²) >= 11 is 0. The number of hydrogen-bond donors (Lipinski definition) is 0. The van der Waals surface area contributed by atoms with Crippen molar-refractivity contribution in [2.24, 2.45) is 5.92 Å². The molecule has 13 heavy (non-hydrogen) atoms. The van der Waals surface area contributed by atoms with Gasteiger partial charge in [0.1, 0.15) is 5.78 Å². The van der Waals surface area contributed by atoms with Gasteiger partial charge in [0.25, 0.3) is 0 Å². The van der Waals surface area contributed by atoms with E-state index in [1.165, 1.54) is 0 Å². The van der Waals surface area contributed by atoms with Gasteiger partial charge in [-0.15, -0.1) is 0 Å². The Morgan fingerprint density at radius 1 is 1.38 bits per heavy atom. The first-order valence-electron chi connectivity index (χ1n) is 4.94. The van der Waals surface area contributed by atoms with Crippen molar-refractivity contribution in [3.8, 4) is 0 Å². The molecule has 0 aromatic heterocycles. The zero-order chi connectivity index (χ0) is 10.5. The molecule has 78 valence electrons. The first-order valence-corrected chi connectivity index (χ1v) is 4.94. The smallest absolute Gasteiger partial charge is 0.133 e. The van der Waals surface area contributed by atoms with Crippen LogP contribution in [0.2, 0.25) is 0 Å². The van der Waals surface area contributed by atoms with Crippen LogP contribution in [0.4, 0.5) is 0 Å². The minimum Gasteiger partial charge on any atom is -0.379 e. The van der Waals surface area contributed by atoms with Crippen LogP contribution in [-0.4, -0.2) is 18.5 Å². The molecule has 0 aliphatic rings. The lowest BCUT2D eigenvalue weighted by Crippen LogP contribution is -2.23. The van der Waals surface area contributed by atoms with Gasteiger partial charge in [0.15, 0.2) is 0 Å². The molecule has 2 nitrogen and oxygen atoms in total. The standard InChI is InChI=1S/C11H22O2/c1-9(2)8-10(12)6-7-11(3,4)13-5/h9H,6-8H2,1-5H3. The average molecular weight is 186 g/mol. The van der Waals surface area contributed by atoms with E-state index in [1.807, 2.05) is 13.8 Å². The Balaban J connectivity index is 3.70. The van der Waals surface area contributed by atoms with Crippen LogP contribution in [0.1, 0.15) is 47.0 Å². The van der Waals surface area contributed by atoms with Gasteiger partial charge in [-0.2, -0.15) is 0 Å². The number of hydrogen-bond acceptors (Lipinski definition) is 2. The summed E-state index contributed by atoms with van der Waals surface area (Å²) in [7, 11) is 1.69. The zero-order valence-electron chi connectivity index (χ0n) is 9.52. The highest BCUT2D eigenvalue weighted by Crippen LogP contribution is 2.16. The Kier molecular flexibility index (Phi) is 5.23. The molecule has 0 amide bonds. The molecule has 0 unspecified atom stereocenters. The van der Waals surface area contributed by atoms with Crippen LogP contribution < -0.4 is 0 Å². The second-order valence-corrected chi connectivity index (χ2v) is 4.60. The van der Waals surface area contributed by atoms with Crippen molar-refractivity contribution in [2.75, 3.05) is 7.11 Å². The summed E-state index contributed by atoms with van der Waals surface area (Å²) in [4.78, 5) is 11.4. The van der Waals surface area contributed by atoms with E-state index in [0.717, 1.165) is 6.42 Å². The molecular weight excluding hydrogens is 164 g/mol. The summed E-state index contributed by atoms with van der Waals surface area (Å²) in [6.45, 7) is 8.16. The van der Waals surface area contributed by atoms with Crippen LogP contribution in [0.15, 0.2) is 0 Å². The van der Waals surface area contributed by atoms with E-state index in [2.05, 4.69) is 13.8 Å². The van der Waals surface area contributed by atoms with Crippen LogP contribution in [0.5, 0.6) is 0 Å². The van der Waals surface area contributed by atoms with Crippen molar-refractivity contribution in [3.63, 3.8) is 0 Å². The van der Waals surface area contributed by atoms with Crippen LogP contribution >= 0.6 is 0 Å². The highest BCUT2D eigenvalue weighted by atomic mass is 16.5. The van der Waals surface area contributed by atoms with Crippen LogP contribution in [-0.2, 0) is 9.53 Å². The van der Waals surface area contributed by atoms with E-state index in [1.54, 1.807) is 7.11 Å². The third-order valence-corrected chi connectivity index (χ3v) is 2.19. The van der Waals surface area contributed by atoms with Crippen molar-refractivity contribution < 1.29 is 9.53 Å². The molecule has 0 fully saturated rings. The maximum absolute atomic E-state index is 11.4. The number of methoxy groups -OCH3 is 1. The molecule has 0 radical (unpaired) electrons. The lowest BCUT2D eigenvalue weighted by Gasteiger charge is -2.22. The van der Waals surface area contributed by atoms with Crippen molar-refractivity contribution in [2.45, 2.75) is 52.6 Å². The molecular formula is C11H22O2. The summed E-state index contributed by atoms with van der Waals surface area (Å²) in [6, 6.07) is 0. The number of ketones is 1. The van der Waals surface area contributed by atoms with Crippen LogP contribution in [0.3, 0.4) is 0 Å². The average Bonchev–Trinajstić information content (AvgIpc) is 2.00. The fourth-order valence-corrected chi connectivity index (χ4v) is 1.10. The number of carbonyl (C=O) groups is 1. The number of ether oxygens (including phenoxy) is 1. The number of rotatable bonds is 6. The molecule has 0 bridgehead atoms. The van der Waals surface area contributed by atoms with Crippen molar-refractivity contribution >= 4 is 5.78 Å².